The van der Waals surface area contributed by atoms with Crippen molar-refractivity contribution < 1.29 is 18.3 Å². The summed E-state index contributed by atoms with van der Waals surface area (Å²) in [4.78, 5) is 17.3. The second-order valence-corrected chi connectivity index (χ2v) is 6.52. The Morgan fingerprint density at radius 2 is 1.90 bits per heavy atom. The number of guanidine groups is 1. The van der Waals surface area contributed by atoms with Crippen LogP contribution in [0.25, 0.3) is 0 Å². The second-order valence-electron chi connectivity index (χ2n) is 6.52. The van der Waals surface area contributed by atoms with Crippen molar-refractivity contribution in [1.82, 2.24) is 20.2 Å². The maximum atomic E-state index is 12.6. The van der Waals surface area contributed by atoms with E-state index < -0.39 is 6.61 Å². The van der Waals surface area contributed by atoms with E-state index in [1.54, 1.807) is 44.6 Å². The highest BCUT2D eigenvalue weighted by atomic mass is 19.3. The number of alkyl halides is 2. The van der Waals surface area contributed by atoms with Gasteiger partial charge in [0.25, 0.3) is 0 Å². The van der Waals surface area contributed by atoms with Crippen molar-refractivity contribution in [2.24, 2.45) is 4.99 Å². The predicted molar refractivity (Wildman–Crippen MR) is 110 cm³/mol. The highest BCUT2D eigenvalue weighted by molar-refractivity contribution is 5.80. The van der Waals surface area contributed by atoms with Crippen molar-refractivity contribution in [3.8, 4) is 11.5 Å². The van der Waals surface area contributed by atoms with E-state index in [0.29, 0.717) is 18.9 Å². The van der Waals surface area contributed by atoms with Crippen LogP contribution in [0.2, 0.25) is 0 Å². The summed E-state index contributed by atoms with van der Waals surface area (Å²) in [5.74, 6) is 1.83. The van der Waals surface area contributed by atoms with Crippen molar-refractivity contribution in [1.29, 1.82) is 0 Å². The lowest BCUT2D eigenvalue weighted by Gasteiger charge is -2.36. The Morgan fingerprint density at radius 3 is 2.53 bits per heavy atom. The average molecular weight is 420 g/mol. The van der Waals surface area contributed by atoms with E-state index in [-0.39, 0.29) is 5.75 Å². The number of aliphatic imine (C=N–C) groups is 1. The topological polar surface area (TPSA) is 75.1 Å². The van der Waals surface area contributed by atoms with E-state index in [2.05, 4.69) is 34.8 Å². The summed E-state index contributed by atoms with van der Waals surface area (Å²) in [5.41, 5.74) is 0.873. The Bertz CT molecular complexity index is 829. The molecule has 0 atom stereocenters. The molecule has 0 bridgehead atoms. The molecule has 3 rings (SSSR count). The van der Waals surface area contributed by atoms with Gasteiger partial charge in [-0.25, -0.2) is 9.97 Å². The smallest absolute Gasteiger partial charge is 0.387 e. The predicted octanol–water partition coefficient (Wildman–Crippen LogP) is 2.37. The molecule has 0 amide bonds. The summed E-state index contributed by atoms with van der Waals surface area (Å²) >= 11 is 0. The third-order valence-corrected chi connectivity index (χ3v) is 4.60. The van der Waals surface area contributed by atoms with Gasteiger partial charge >= 0.3 is 6.61 Å². The largest absolute Gasteiger partial charge is 0.490 e. The van der Waals surface area contributed by atoms with Gasteiger partial charge in [-0.2, -0.15) is 8.78 Å². The molecule has 0 saturated carbocycles. The summed E-state index contributed by atoms with van der Waals surface area (Å²) < 4.78 is 35.1. The summed E-state index contributed by atoms with van der Waals surface area (Å²) in [6.45, 7) is 2.87. The van der Waals surface area contributed by atoms with E-state index in [0.717, 1.165) is 43.7 Å². The molecule has 1 aromatic carbocycles. The van der Waals surface area contributed by atoms with Crippen LogP contribution in [-0.4, -0.2) is 67.3 Å². The van der Waals surface area contributed by atoms with E-state index in [4.69, 9.17) is 4.74 Å². The van der Waals surface area contributed by atoms with Gasteiger partial charge in [-0.1, -0.05) is 6.07 Å². The first-order valence-corrected chi connectivity index (χ1v) is 9.78. The lowest BCUT2D eigenvalue weighted by molar-refractivity contribution is -0.0514. The van der Waals surface area contributed by atoms with Crippen molar-refractivity contribution in [3.63, 3.8) is 0 Å². The number of nitrogens with one attached hydrogen (secondary N) is 1. The Balaban J connectivity index is 1.57. The van der Waals surface area contributed by atoms with Gasteiger partial charge in [0.15, 0.2) is 17.5 Å². The van der Waals surface area contributed by atoms with E-state index in [9.17, 15) is 8.78 Å². The number of piperazine rings is 1. The third-order valence-electron chi connectivity index (χ3n) is 4.60. The number of nitrogens with zero attached hydrogens (tertiary/aromatic N) is 5. The number of benzene rings is 1. The highest BCUT2D eigenvalue weighted by Gasteiger charge is 2.21. The van der Waals surface area contributed by atoms with Crippen molar-refractivity contribution >= 4 is 11.9 Å². The molecule has 2 aromatic rings. The van der Waals surface area contributed by atoms with Crippen LogP contribution in [0.3, 0.4) is 0 Å². The fraction of sp³-hybridized carbons (Fsp3) is 0.450. The van der Waals surface area contributed by atoms with Crippen LogP contribution in [0.5, 0.6) is 11.5 Å². The van der Waals surface area contributed by atoms with Gasteiger partial charge < -0.3 is 24.6 Å². The molecule has 1 fully saturated rings. The van der Waals surface area contributed by atoms with Gasteiger partial charge in [0.1, 0.15) is 0 Å². The first-order valence-electron chi connectivity index (χ1n) is 9.78. The molecule has 1 aliphatic rings. The molecule has 2 heterocycles. The van der Waals surface area contributed by atoms with Crippen molar-refractivity contribution in [2.75, 3.05) is 44.7 Å². The molecule has 0 unspecified atom stereocenters. The zero-order valence-corrected chi connectivity index (χ0v) is 17.1. The van der Waals surface area contributed by atoms with Crippen LogP contribution in [-0.2, 0) is 6.54 Å². The maximum absolute atomic E-state index is 12.6. The first-order chi connectivity index (χ1) is 14.6. The number of hydrogen-bond acceptors (Lipinski definition) is 6. The Labute approximate surface area is 174 Å². The zero-order valence-electron chi connectivity index (χ0n) is 17.1. The number of anilines is 1. The average Bonchev–Trinajstić information content (AvgIpc) is 2.77. The first kappa shape index (κ1) is 21.5. The van der Waals surface area contributed by atoms with Gasteiger partial charge in [-0.15, -0.1) is 0 Å². The molecule has 162 valence electrons. The normalized spacial score (nSPS) is 14.8. The van der Waals surface area contributed by atoms with Gasteiger partial charge in [0.05, 0.1) is 6.61 Å². The standard InChI is InChI=1S/C20H26F2N6O2/c1-3-29-17-13-15(5-6-16(17)30-18(21)22)14-26-19(23-2)27-9-11-28(12-10-27)20-24-7-4-8-25-20/h4-8,13,18H,3,9-12,14H2,1-2H3,(H,23,26). The highest BCUT2D eigenvalue weighted by Crippen LogP contribution is 2.29. The van der Waals surface area contributed by atoms with Crippen molar-refractivity contribution in [3.05, 3.63) is 42.2 Å². The fourth-order valence-corrected chi connectivity index (χ4v) is 3.21. The van der Waals surface area contributed by atoms with Crippen molar-refractivity contribution in [2.45, 2.75) is 20.1 Å². The van der Waals surface area contributed by atoms with Gasteiger partial charge in [-0.05, 0) is 30.7 Å². The number of rotatable bonds is 7. The third kappa shape index (κ3) is 5.68. The SMILES string of the molecule is CCOc1cc(CNC(=NC)N2CCN(c3ncccn3)CC2)ccc1OC(F)F. The summed E-state index contributed by atoms with van der Waals surface area (Å²) in [7, 11) is 1.74. The molecule has 0 aliphatic carbocycles. The number of hydrogen-bond donors (Lipinski definition) is 1. The fourth-order valence-electron chi connectivity index (χ4n) is 3.21. The van der Waals surface area contributed by atoms with Gasteiger partial charge in [0.2, 0.25) is 5.95 Å². The molecule has 30 heavy (non-hydrogen) atoms. The second kappa shape index (κ2) is 10.6. The van der Waals surface area contributed by atoms with Crippen LogP contribution in [0.15, 0.2) is 41.7 Å². The molecule has 1 saturated heterocycles. The minimum Gasteiger partial charge on any atom is -0.490 e. The molecule has 10 heteroatoms. The lowest BCUT2D eigenvalue weighted by atomic mass is 10.2. The Morgan fingerprint density at radius 1 is 1.17 bits per heavy atom. The maximum Gasteiger partial charge on any atom is 0.387 e. The molecule has 1 aliphatic heterocycles. The summed E-state index contributed by atoms with van der Waals surface area (Å²) in [6, 6.07) is 6.72. The minimum absolute atomic E-state index is 0.0271. The molecule has 1 aromatic heterocycles. The molecular formula is C20H26F2N6O2. The molecular weight excluding hydrogens is 394 g/mol. The molecule has 1 N–H and O–H groups in total. The zero-order chi connectivity index (χ0) is 21.3. The Kier molecular flexibility index (Phi) is 7.58. The van der Waals surface area contributed by atoms with Gasteiger partial charge in [0, 0.05) is 52.2 Å². The van der Waals surface area contributed by atoms with Crippen LogP contribution in [0.4, 0.5) is 14.7 Å². The number of halogens is 2. The van der Waals surface area contributed by atoms with E-state index >= 15 is 0 Å². The number of aromatic nitrogens is 2. The monoisotopic (exact) mass is 420 g/mol. The summed E-state index contributed by atoms with van der Waals surface area (Å²) in [6.07, 6.45) is 3.48. The van der Waals surface area contributed by atoms with Crippen LogP contribution in [0.1, 0.15) is 12.5 Å². The molecule has 0 spiro atoms. The number of ether oxygens (including phenoxy) is 2. The van der Waals surface area contributed by atoms with E-state index in [1.165, 1.54) is 6.07 Å². The van der Waals surface area contributed by atoms with E-state index in [1.807, 2.05) is 0 Å². The van der Waals surface area contributed by atoms with Crippen LogP contribution in [0, 0.1) is 0 Å². The lowest BCUT2D eigenvalue weighted by Crippen LogP contribution is -2.52. The van der Waals surface area contributed by atoms with Crippen LogP contribution < -0.4 is 19.7 Å². The molecule has 0 radical (unpaired) electrons. The quantitative estimate of drug-likeness (QED) is 0.544. The Hall–Kier alpha value is -3.17. The minimum atomic E-state index is -2.90. The summed E-state index contributed by atoms with van der Waals surface area (Å²) in [5, 5.41) is 3.32. The molecule has 8 nitrogen and oxygen atoms in total. The van der Waals surface area contributed by atoms with Gasteiger partial charge in [-0.3, -0.25) is 4.99 Å². The van der Waals surface area contributed by atoms with Crippen LogP contribution >= 0.6 is 0 Å².